The van der Waals surface area contributed by atoms with Crippen LogP contribution in [0.4, 0.5) is 5.95 Å². The van der Waals surface area contributed by atoms with Crippen molar-refractivity contribution in [1.82, 2.24) is 25.4 Å². The van der Waals surface area contributed by atoms with Gasteiger partial charge in [-0.15, -0.1) is 5.10 Å². The Morgan fingerprint density at radius 1 is 1.20 bits per heavy atom. The summed E-state index contributed by atoms with van der Waals surface area (Å²) in [6.45, 7) is 1.72. The summed E-state index contributed by atoms with van der Waals surface area (Å²) in [5.74, 6) is -0.287. The molecule has 0 spiro atoms. The van der Waals surface area contributed by atoms with Crippen LogP contribution in [0.15, 0.2) is 36.7 Å². The van der Waals surface area contributed by atoms with Crippen molar-refractivity contribution in [3.05, 3.63) is 42.2 Å². The fourth-order valence-corrected chi connectivity index (χ4v) is 1.97. The molecule has 25 heavy (non-hydrogen) atoms. The first kappa shape index (κ1) is 18.6. The standard InChI is InChI=1S/C16H22N6O3/c1-25-8-7-17-10-14(23)20-16-19-12-22(21-16)11-15(24)18-9-13-5-3-2-4-6-13/h2-6,12,17H,7-11H2,1H3,(H,18,24)(H,20,21,23). The fourth-order valence-electron chi connectivity index (χ4n) is 1.97. The smallest absolute Gasteiger partial charge is 0.248 e. The highest BCUT2D eigenvalue weighted by atomic mass is 16.5. The molecule has 9 heteroatoms. The summed E-state index contributed by atoms with van der Waals surface area (Å²) in [6, 6.07) is 9.62. The van der Waals surface area contributed by atoms with Gasteiger partial charge in [0.1, 0.15) is 12.9 Å². The Balaban J connectivity index is 1.71. The zero-order chi connectivity index (χ0) is 17.9. The molecule has 0 unspecified atom stereocenters. The number of ether oxygens (including phenoxy) is 1. The van der Waals surface area contributed by atoms with E-state index in [0.717, 1.165) is 5.56 Å². The highest BCUT2D eigenvalue weighted by Crippen LogP contribution is 1.98. The average Bonchev–Trinajstić information content (AvgIpc) is 3.04. The van der Waals surface area contributed by atoms with Crippen molar-refractivity contribution in [1.29, 1.82) is 0 Å². The molecule has 2 aromatic rings. The maximum atomic E-state index is 11.9. The quantitative estimate of drug-likeness (QED) is 0.513. The Kier molecular flexibility index (Phi) is 7.54. The molecule has 0 aliphatic heterocycles. The molecule has 1 aromatic carbocycles. The zero-order valence-electron chi connectivity index (χ0n) is 14.1. The highest BCUT2D eigenvalue weighted by molar-refractivity contribution is 5.90. The van der Waals surface area contributed by atoms with Crippen molar-refractivity contribution >= 4 is 17.8 Å². The minimum atomic E-state index is -0.262. The maximum absolute atomic E-state index is 11.9. The minimum Gasteiger partial charge on any atom is -0.383 e. The largest absolute Gasteiger partial charge is 0.383 e. The van der Waals surface area contributed by atoms with Gasteiger partial charge in [-0.05, 0) is 5.56 Å². The second-order valence-electron chi connectivity index (χ2n) is 5.25. The van der Waals surface area contributed by atoms with E-state index in [1.54, 1.807) is 7.11 Å². The number of rotatable bonds is 10. The number of methoxy groups -OCH3 is 1. The van der Waals surface area contributed by atoms with Crippen LogP contribution in [0.2, 0.25) is 0 Å². The maximum Gasteiger partial charge on any atom is 0.248 e. The number of carbonyl (C=O) groups is 2. The van der Waals surface area contributed by atoms with Crippen LogP contribution in [0, 0.1) is 0 Å². The van der Waals surface area contributed by atoms with E-state index in [1.165, 1.54) is 11.0 Å². The minimum absolute atomic E-state index is 0.0296. The number of anilines is 1. The molecule has 0 fully saturated rings. The monoisotopic (exact) mass is 346 g/mol. The topological polar surface area (TPSA) is 110 Å². The zero-order valence-corrected chi connectivity index (χ0v) is 14.1. The van der Waals surface area contributed by atoms with E-state index in [-0.39, 0.29) is 30.9 Å². The summed E-state index contributed by atoms with van der Waals surface area (Å²) in [6.07, 6.45) is 1.40. The van der Waals surface area contributed by atoms with Crippen LogP contribution in [-0.4, -0.2) is 53.4 Å². The first-order valence-corrected chi connectivity index (χ1v) is 7.87. The van der Waals surface area contributed by atoms with E-state index >= 15 is 0 Å². The molecule has 1 heterocycles. The molecule has 0 bridgehead atoms. The van der Waals surface area contributed by atoms with Crippen LogP contribution < -0.4 is 16.0 Å². The van der Waals surface area contributed by atoms with Crippen LogP contribution in [0.3, 0.4) is 0 Å². The Hall–Kier alpha value is -2.78. The molecule has 0 aliphatic rings. The first-order valence-electron chi connectivity index (χ1n) is 7.87. The molecule has 2 rings (SSSR count). The summed E-state index contributed by atoms with van der Waals surface area (Å²) in [5.41, 5.74) is 1.02. The molecule has 0 saturated carbocycles. The molecule has 9 nitrogen and oxygen atoms in total. The van der Waals surface area contributed by atoms with Crippen molar-refractivity contribution in [3.63, 3.8) is 0 Å². The molecule has 0 atom stereocenters. The van der Waals surface area contributed by atoms with Crippen LogP contribution in [0.1, 0.15) is 5.56 Å². The van der Waals surface area contributed by atoms with Gasteiger partial charge in [0.25, 0.3) is 0 Å². The van der Waals surface area contributed by atoms with Gasteiger partial charge in [-0.2, -0.15) is 0 Å². The average molecular weight is 346 g/mol. The number of amides is 2. The van der Waals surface area contributed by atoms with E-state index in [1.807, 2.05) is 30.3 Å². The third-order valence-electron chi connectivity index (χ3n) is 3.19. The summed E-state index contributed by atoms with van der Waals surface area (Å²) in [4.78, 5) is 27.6. The van der Waals surface area contributed by atoms with E-state index in [2.05, 4.69) is 26.0 Å². The summed E-state index contributed by atoms with van der Waals surface area (Å²) < 4.78 is 6.24. The van der Waals surface area contributed by atoms with Crippen molar-refractivity contribution in [2.24, 2.45) is 0 Å². The number of aromatic nitrogens is 3. The van der Waals surface area contributed by atoms with Gasteiger partial charge in [-0.3, -0.25) is 14.9 Å². The number of hydrogen-bond donors (Lipinski definition) is 3. The molecule has 3 N–H and O–H groups in total. The lowest BCUT2D eigenvalue weighted by Gasteiger charge is -2.05. The second-order valence-corrected chi connectivity index (χ2v) is 5.25. The van der Waals surface area contributed by atoms with Crippen molar-refractivity contribution in [2.75, 3.05) is 32.1 Å². The molecule has 2 amide bonds. The van der Waals surface area contributed by atoms with Crippen molar-refractivity contribution in [2.45, 2.75) is 13.1 Å². The van der Waals surface area contributed by atoms with Gasteiger partial charge >= 0.3 is 0 Å². The molecule has 1 aromatic heterocycles. The first-order chi connectivity index (χ1) is 12.2. The number of carbonyl (C=O) groups excluding carboxylic acids is 2. The van der Waals surface area contributed by atoms with Gasteiger partial charge in [-0.25, -0.2) is 9.67 Å². The number of hydrogen-bond acceptors (Lipinski definition) is 6. The highest BCUT2D eigenvalue weighted by Gasteiger charge is 2.08. The van der Waals surface area contributed by atoms with Gasteiger partial charge in [-0.1, -0.05) is 30.3 Å². The molecule has 0 radical (unpaired) electrons. The summed E-state index contributed by atoms with van der Waals surface area (Å²) in [7, 11) is 1.59. The molecule has 0 aliphatic carbocycles. The van der Waals surface area contributed by atoms with E-state index in [0.29, 0.717) is 19.7 Å². The van der Waals surface area contributed by atoms with Crippen LogP contribution in [0.25, 0.3) is 0 Å². The van der Waals surface area contributed by atoms with Crippen LogP contribution in [-0.2, 0) is 27.4 Å². The van der Waals surface area contributed by atoms with Crippen molar-refractivity contribution < 1.29 is 14.3 Å². The van der Waals surface area contributed by atoms with Gasteiger partial charge in [0.2, 0.25) is 17.8 Å². The number of benzene rings is 1. The molecular weight excluding hydrogens is 324 g/mol. The molecule has 134 valence electrons. The van der Waals surface area contributed by atoms with E-state index in [4.69, 9.17) is 4.74 Å². The van der Waals surface area contributed by atoms with E-state index < -0.39 is 0 Å². The van der Waals surface area contributed by atoms with Gasteiger partial charge in [0.15, 0.2) is 0 Å². The normalized spacial score (nSPS) is 10.4. The lowest BCUT2D eigenvalue weighted by molar-refractivity contribution is -0.122. The lowest BCUT2D eigenvalue weighted by atomic mass is 10.2. The Morgan fingerprint density at radius 3 is 2.76 bits per heavy atom. The molecular formula is C16H22N6O3. The van der Waals surface area contributed by atoms with Gasteiger partial charge < -0.3 is 15.4 Å². The summed E-state index contributed by atoms with van der Waals surface area (Å²) in [5, 5.41) is 12.3. The van der Waals surface area contributed by atoms with Gasteiger partial charge in [0.05, 0.1) is 13.2 Å². The van der Waals surface area contributed by atoms with Crippen LogP contribution >= 0.6 is 0 Å². The predicted octanol–water partition coefficient (Wildman–Crippen LogP) is -0.231. The number of nitrogens with one attached hydrogen (secondary N) is 3. The van der Waals surface area contributed by atoms with E-state index in [9.17, 15) is 9.59 Å². The van der Waals surface area contributed by atoms with Crippen LogP contribution in [0.5, 0.6) is 0 Å². The SMILES string of the molecule is COCCNCC(=O)Nc1ncn(CC(=O)NCc2ccccc2)n1. The third-order valence-corrected chi connectivity index (χ3v) is 3.19. The Morgan fingerprint density at radius 2 is 2.00 bits per heavy atom. The Labute approximate surface area is 145 Å². The summed E-state index contributed by atoms with van der Waals surface area (Å²) >= 11 is 0. The third kappa shape index (κ3) is 7.10. The van der Waals surface area contributed by atoms with Gasteiger partial charge in [0, 0.05) is 20.2 Å². The lowest BCUT2D eigenvalue weighted by Crippen LogP contribution is -2.30. The predicted molar refractivity (Wildman–Crippen MR) is 91.7 cm³/mol. The fraction of sp³-hybridized carbons (Fsp3) is 0.375. The second kappa shape index (κ2) is 10.2. The number of nitrogens with zero attached hydrogens (tertiary/aromatic N) is 3. The van der Waals surface area contributed by atoms with Crippen molar-refractivity contribution in [3.8, 4) is 0 Å². The Bertz CT molecular complexity index is 674. The molecule has 0 saturated heterocycles.